The first-order chi connectivity index (χ1) is 8.08. The quantitative estimate of drug-likeness (QED) is 0.910. The van der Waals surface area contributed by atoms with E-state index in [2.05, 4.69) is 10.2 Å². The molecule has 0 saturated heterocycles. The van der Waals surface area contributed by atoms with Gasteiger partial charge in [-0.2, -0.15) is 0 Å². The second kappa shape index (κ2) is 4.85. The molecule has 0 radical (unpaired) electrons. The SMILES string of the molecule is C[C@H](O)c1ccc(Sc2nncn2C)c(F)c1. The molecule has 0 bridgehead atoms. The lowest BCUT2D eigenvalue weighted by atomic mass is 10.1. The van der Waals surface area contributed by atoms with Gasteiger partial charge < -0.3 is 9.67 Å². The fourth-order valence-electron chi connectivity index (χ4n) is 1.32. The zero-order valence-electron chi connectivity index (χ0n) is 9.46. The van der Waals surface area contributed by atoms with Crippen LogP contribution in [0.5, 0.6) is 0 Å². The highest BCUT2D eigenvalue weighted by molar-refractivity contribution is 7.99. The number of halogens is 1. The molecule has 0 fully saturated rings. The lowest BCUT2D eigenvalue weighted by Gasteiger charge is -2.07. The summed E-state index contributed by atoms with van der Waals surface area (Å²) in [6.45, 7) is 1.60. The van der Waals surface area contributed by atoms with E-state index in [-0.39, 0.29) is 5.82 Å². The smallest absolute Gasteiger partial charge is 0.195 e. The maximum atomic E-state index is 13.7. The average molecular weight is 253 g/mol. The summed E-state index contributed by atoms with van der Waals surface area (Å²) in [5.74, 6) is -0.364. The Morgan fingerprint density at radius 1 is 1.47 bits per heavy atom. The van der Waals surface area contributed by atoms with Gasteiger partial charge in [0.1, 0.15) is 12.1 Å². The molecular weight excluding hydrogens is 241 g/mol. The van der Waals surface area contributed by atoms with Crippen LogP contribution in [-0.4, -0.2) is 19.9 Å². The molecule has 1 aromatic carbocycles. The molecule has 4 nitrogen and oxygen atoms in total. The van der Waals surface area contributed by atoms with Gasteiger partial charge in [-0.1, -0.05) is 6.07 Å². The van der Waals surface area contributed by atoms with E-state index < -0.39 is 6.10 Å². The molecule has 17 heavy (non-hydrogen) atoms. The number of nitrogens with zero attached hydrogens (tertiary/aromatic N) is 3. The highest BCUT2D eigenvalue weighted by Gasteiger charge is 2.10. The number of aliphatic hydroxyl groups excluding tert-OH is 1. The van der Waals surface area contributed by atoms with Crippen molar-refractivity contribution in [2.75, 3.05) is 0 Å². The summed E-state index contributed by atoms with van der Waals surface area (Å²) in [6, 6.07) is 4.67. The number of benzene rings is 1. The van der Waals surface area contributed by atoms with Crippen molar-refractivity contribution in [3.8, 4) is 0 Å². The first-order valence-corrected chi connectivity index (χ1v) is 5.89. The third kappa shape index (κ3) is 2.65. The normalized spacial score (nSPS) is 12.7. The molecule has 6 heteroatoms. The van der Waals surface area contributed by atoms with Gasteiger partial charge in [0.15, 0.2) is 5.16 Å². The predicted molar refractivity (Wildman–Crippen MR) is 62.2 cm³/mol. The van der Waals surface area contributed by atoms with Crippen molar-refractivity contribution < 1.29 is 9.50 Å². The Morgan fingerprint density at radius 2 is 2.24 bits per heavy atom. The number of hydrogen-bond donors (Lipinski definition) is 1. The van der Waals surface area contributed by atoms with Crippen LogP contribution in [0.2, 0.25) is 0 Å². The number of aromatic nitrogens is 3. The minimum Gasteiger partial charge on any atom is -0.389 e. The highest BCUT2D eigenvalue weighted by Crippen LogP contribution is 2.29. The molecule has 0 aliphatic rings. The van der Waals surface area contributed by atoms with Crippen LogP contribution in [0.4, 0.5) is 4.39 Å². The molecule has 0 aliphatic carbocycles. The van der Waals surface area contributed by atoms with E-state index in [9.17, 15) is 9.50 Å². The van der Waals surface area contributed by atoms with Gasteiger partial charge in [-0.05, 0) is 36.4 Å². The van der Waals surface area contributed by atoms with E-state index in [4.69, 9.17) is 0 Å². The molecule has 1 heterocycles. The lowest BCUT2D eigenvalue weighted by molar-refractivity contribution is 0.198. The predicted octanol–water partition coefficient (Wildman–Crippen LogP) is 2.16. The summed E-state index contributed by atoms with van der Waals surface area (Å²) in [6.07, 6.45) is 0.892. The summed E-state index contributed by atoms with van der Waals surface area (Å²) in [7, 11) is 1.80. The van der Waals surface area contributed by atoms with E-state index in [1.807, 2.05) is 0 Å². The van der Waals surface area contributed by atoms with Gasteiger partial charge in [0.25, 0.3) is 0 Å². The standard InChI is InChI=1S/C11H12FN3OS/c1-7(16)8-3-4-10(9(12)5-8)17-11-14-13-6-15(11)2/h3-7,16H,1-2H3/t7-/m0/s1. The average Bonchev–Trinajstić information content (AvgIpc) is 2.67. The van der Waals surface area contributed by atoms with Crippen molar-refractivity contribution >= 4 is 11.8 Å². The maximum absolute atomic E-state index is 13.7. The highest BCUT2D eigenvalue weighted by atomic mass is 32.2. The molecule has 2 aromatic rings. The summed E-state index contributed by atoms with van der Waals surface area (Å²) >= 11 is 1.20. The van der Waals surface area contributed by atoms with Crippen LogP contribution in [0, 0.1) is 5.82 Å². The second-order valence-corrected chi connectivity index (χ2v) is 4.70. The number of rotatable bonds is 3. The van der Waals surface area contributed by atoms with Crippen LogP contribution in [-0.2, 0) is 7.05 Å². The van der Waals surface area contributed by atoms with Crippen molar-refractivity contribution in [3.63, 3.8) is 0 Å². The topological polar surface area (TPSA) is 50.9 Å². The molecule has 0 spiro atoms. The Balaban J connectivity index is 2.26. The molecule has 1 atom stereocenters. The van der Waals surface area contributed by atoms with Crippen LogP contribution in [0.25, 0.3) is 0 Å². The van der Waals surface area contributed by atoms with Gasteiger partial charge in [0.05, 0.1) is 11.0 Å². The van der Waals surface area contributed by atoms with Crippen LogP contribution < -0.4 is 0 Å². The van der Waals surface area contributed by atoms with Crippen molar-refractivity contribution in [3.05, 3.63) is 35.9 Å². The Morgan fingerprint density at radius 3 is 2.76 bits per heavy atom. The molecular formula is C11H12FN3OS. The second-order valence-electron chi connectivity index (χ2n) is 3.69. The summed E-state index contributed by atoms with van der Waals surface area (Å²) < 4.78 is 15.5. The van der Waals surface area contributed by atoms with E-state index >= 15 is 0 Å². The van der Waals surface area contributed by atoms with E-state index in [1.54, 1.807) is 37.0 Å². The lowest BCUT2D eigenvalue weighted by Crippen LogP contribution is -1.94. The Hall–Kier alpha value is -1.40. The largest absolute Gasteiger partial charge is 0.389 e. The molecule has 0 aliphatic heterocycles. The number of aryl methyl sites for hydroxylation is 1. The fraction of sp³-hybridized carbons (Fsp3) is 0.273. The van der Waals surface area contributed by atoms with Gasteiger partial charge in [-0.3, -0.25) is 0 Å². The molecule has 0 saturated carbocycles. The molecule has 2 rings (SSSR count). The van der Waals surface area contributed by atoms with Crippen LogP contribution in [0.3, 0.4) is 0 Å². The molecule has 90 valence electrons. The van der Waals surface area contributed by atoms with Gasteiger partial charge in [-0.25, -0.2) is 4.39 Å². The van der Waals surface area contributed by atoms with Crippen LogP contribution in [0.1, 0.15) is 18.6 Å². The third-order valence-electron chi connectivity index (χ3n) is 2.31. The van der Waals surface area contributed by atoms with Gasteiger partial charge in [0.2, 0.25) is 0 Å². The maximum Gasteiger partial charge on any atom is 0.195 e. The van der Waals surface area contributed by atoms with Crippen molar-refractivity contribution in [2.24, 2.45) is 7.05 Å². The summed E-state index contributed by atoms with van der Waals surface area (Å²) in [5, 5.41) is 17.6. The van der Waals surface area contributed by atoms with Crippen molar-refractivity contribution in [1.29, 1.82) is 0 Å². The van der Waals surface area contributed by atoms with Crippen molar-refractivity contribution in [1.82, 2.24) is 14.8 Å². The molecule has 1 N–H and O–H groups in total. The minimum absolute atomic E-state index is 0.364. The molecule has 0 unspecified atom stereocenters. The Kier molecular flexibility index (Phi) is 3.44. The van der Waals surface area contributed by atoms with Crippen LogP contribution >= 0.6 is 11.8 Å². The molecule has 1 aromatic heterocycles. The summed E-state index contributed by atoms with van der Waals surface area (Å²) in [5.41, 5.74) is 0.560. The first-order valence-electron chi connectivity index (χ1n) is 5.07. The van der Waals surface area contributed by atoms with Crippen molar-refractivity contribution in [2.45, 2.75) is 23.1 Å². The minimum atomic E-state index is -0.668. The molecule has 0 amide bonds. The Labute approximate surface area is 102 Å². The zero-order valence-corrected chi connectivity index (χ0v) is 10.3. The Bertz CT molecular complexity index is 527. The van der Waals surface area contributed by atoms with Gasteiger partial charge in [-0.15, -0.1) is 10.2 Å². The summed E-state index contributed by atoms with van der Waals surface area (Å²) in [4.78, 5) is 0.463. The van der Waals surface area contributed by atoms with Gasteiger partial charge in [0, 0.05) is 7.05 Å². The van der Waals surface area contributed by atoms with E-state index in [0.717, 1.165) is 0 Å². The zero-order chi connectivity index (χ0) is 12.4. The number of aliphatic hydroxyl groups is 1. The van der Waals surface area contributed by atoms with E-state index in [1.165, 1.54) is 17.8 Å². The number of hydrogen-bond acceptors (Lipinski definition) is 4. The fourth-order valence-corrected chi connectivity index (χ4v) is 2.09. The third-order valence-corrected chi connectivity index (χ3v) is 3.41. The van der Waals surface area contributed by atoms with Gasteiger partial charge >= 0.3 is 0 Å². The first kappa shape index (κ1) is 12.1. The monoisotopic (exact) mass is 253 g/mol. The van der Waals surface area contributed by atoms with Crippen LogP contribution in [0.15, 0.2) is 34.6 Å². The van der Waals surface area contributed by atoms with E-state index in [0.29, 0.717) is 15.6 Å².